The Hall–Kier alpha value is -2.44. The van der Waals surface area contributed by atoms with Gasteiger partial charge in [0.25, 0.3) is 0 Å². The standard InChI is InChI=1S/C18H28N4O3/c1-18(2,3)25-17(23)22-15(12-5-6-12)11-20-16(19)21-13-7-9-14(24-4)10-8-13/h7-10,12,15H,5-6,11H2,1-4H3,(H,22,23)(H3,19,20,21). The lowest BCUT2D eigenvalue weighted by atomic mass is 10.2. The average Bonchev–Trinajstić information content (AvgIpc) is 3.35. The molecular formula is C18H28N4O3. The number of alkyl carbamates (subject to hydrolysis) is 1. The lowest BCUT2D eigenvalue weighted by Crippen LogP contribution is -2.42. The number of benzene rings is 1. The summed E-state index contributed by atoms with van der Waals surface area (Å²) >= 11 is 0. The summed E-state index contributed by atoms with van der Waals surface area (Å²) in [7, 11) is 1.62. The molecule has 7 nitrogen and oxygen atoms in total. The van der Waals surface area contributed by atoms with Crippen LogP contribution in [-0.2, 0) is 4.74 Å². The Morgan fingerprint density at radius 3 is 2.48 bits per heavy atom. The Balaban J connectivity index is 1.88. The number of amides is 1. The Bertz CT molecular complexity index is 604. The van der Waals surface area contributed by atoms with Gasteiger partial charge in [0.1, 0.15) is 11.4 Å². The maximum atomic E-state index is 12.0. The van der Waals surface area contributed by atoms with E-state index in [0.717, 1.165) is 24.3 Å². The summed E-state index contributed by atoms with van der Waals surface area (Å²) in [4.78, 5) is 16.3. The van der Waals surface area contributed by atoms with Crippen molar-refractivity contribution >= 4 is 17.7 Å². The summed E-state index contributed by atoms with van der Waals surface area (Å²) < 4.78 is 10.4. The Morgan fingerprint density at radius 1 is 1.32 bits per heavy atom. The van der Waals surface area contributed by atoms with Crippen molar-refractivity contribution in [2.75, 3.05) is 19.0 Å². The minimum absolute atomic E-state index is 0.0638. The van der Waals surface area contributed by atoms with Gasteiger partial charge in [0.2, 0.25) is 0 Å². The molecule has 25 heavy (non-hydrogen) atoms. The van der Waals surface area contributed by atoms with Crippen LogP contribution in [0.3, 0.4) is 0 Å². The van der Waals surface area contributed by atoms with Crippen molar-refractivity contribution in [3.63, 3.8) is 0 Å². The molecule has 7 heteroatoms. The van der Waals surface area contributed by atoms with E-state index in [1.165, 1.54) is 0 Å². The second-order valence-corrected chi connectivity index (χ2v) is 7.17. The van der Waals surface area contributed by atoms with Crippen LogP contribution in [-0.4, -0.2) is 37.4 Å². The fourth-order valence-electron chi connectivity index (χ4n) is 2.33. The fourth-order valence-corrected chi connectivity index (χ4v) is 2.33. The minimum Gasteiger partial charge on any atom is -0.497 e. The fraction of sp³-hybridized carbons (Fsp3) is 0.556. The van der Waals surface area contributed by atoms with E-state index in [0.29, 0.717) is 18.4 Å². The monoisotopic (exact) mass is 348 g/mol. The van der Waals surface area contributed by atoms with Crippen molar-refractivity contribution in [1.82, 2.24) is 5.32 Å². The Labute approximate surface area is 149 Å². The predicted molar refractivity (Wildman–Crippen MR) is 99.0 cm³/mol. The minimum atomic E-state index is -0.517. The molecule has 1 aromatic carbocycles. The van der Waals surface area contributed by atoms with Crippen LogP contribution in [0.15, 0.2) is 29.3 Å². The van der Waals surface area contributed by atoms with Crippen molar-refractivity contribution in [1.29, 1.82) is 0 Å². The maximum absolute atomic E-state index is 12.0. The molecule has 0 spiro atoms. The van der Waals surface area contributed by atoms with Gasteiger partial charge in [0.05, 0.1) is 19.7 Å². The van der Waals surface area contributed by atoms with Gasteiger partial charge in [-0.3, -0.25) is 4.99 Å². The number of guanidine groups is 1. The SMILES string of the molecule is COc1ccc(NC(N)=NCC(NC(=O)OC(C)(C)C)C2CC2)cc1. The molecule has 0 saturated heterocycles. The highest BCUT2D eigenvalue weighted by Crippen LogP contribution is 2.33. The molecule has 0 aliphatic heterocycles. The van der Waals surface area contributed by atoms with Gasteiger partial charge in [-0.2, -0.15) is 0 Å². The highest BCUT2D eigenvalue weighted by Gasteiger charge is 2.33. The van der Waals surface area contributed by atoms with Crippen LogP contribution in [0, 0.1) is 5.92 Å². The van der Waals surface area contributed by atoms with Crippen LogP contribution in [0.1, 0.15) is 33.6 Å². The molecule has 1 unspecified atom stereocenters. The molecule has 0 aromatic heterocycles. The number of nitrogens with two attached hydrogens (primary N) is 1. The predicted octanol–water partition coefficient (Wildman–Crippen LogP) is 2.73. The first-order valence-corrected chi connectivity index (χ1v) is 8.47. The molecule has 4 N–H and O–H groups in total. The number of nitrogens with one attached hydrogen (secondary N) is 2. The van der Waals surface area contributed by atoms with Gasteiger partial charge in [-0.15, -0.1) is 0 Å². The smallest absolute Gasteiger partial charge is 0.407 e. The molecule has 1 fully saturated rings. The number of anilines is 1. The number of ether oxygens (including phenoxy) is 2. The molecule has 138 valence electrons. The first-order chi connectivity index (χ1) is 11.8. The van der Waals surface area contributed by atoms with Crippen LogP contribution < -0.4 is 21.1 Å². The van der Waals surface area contributed by atoms with Crippen LogP contribution in [0.25, 0.3) is 0 Å². The van der Waals surface area contributed by atoms with E-state index in [2.05, 4.69) is 15.6 Å². The maximum Gasteiger partial charge on any atom is 0.407 e. The molecule has 2 rings (SSSR count). The van der Waals surface area contributed by atoms with Crippen molar-refractivity contribution < 1.29 is 14.3 Å². The lowest BCUT2D eigenvalue weighted by molar-refractivity contribution is 0.0500. The summed E-state index contributed by atoms with van der Waals surface area (Å²) in [6, 6.07) is 7.34. The van der Waals surface area contributed by atoms with Crippen LogP contribution >= 0.6 is 0 Å². The Morgan fingerprint density at radius 2 is 1.96 bits per heavy atom. The van der Waals surface area contributed by atoms with Crippen molar-refractivity contribution in [3.8, 4) is 5.75 Å². The van der Waals surface area contributed by atoms with Crippen LogP contribution in [0.2, 0.25) is 0 Å². The molecule has 1 saturated carbocycles. The highest BCUT2D eigenvalue weighted by molar-refractivity contribution is 5.92. The summed E-state index contributed by atoms with van der Waals surface area (Å²) in [5.74, 6) is 1.52. The molecule has 1 aromatic rings. The first-order valence-electron chi connectivity index (χ1n) is 8.47. The van der Waals surface area contributed by atoms with E-state index >= 15 is 0 Å². The number of methoxy groups -OCH3 is 1. The molecule has 0 heterocycles. The van der Waals surface area contributed by atoms with Crippen molar-refractivity contribution in [3.05, 3.63) is 24.3 Å². The first kappa shape index (κ1) is 18.9. The number of hydrogen-bond donors (Lipinski definition) is 3. The number of carbonyl (C=O) groups excluding carboxylic acids is 1. The molecule has 1 amide bonds. The summed E-state index contributed by atoms with van der Waals surface area (Å²) in [6.45, 7) is 5.94. The van der Waals surface area contributed by atoms with Crippen LogP contribution in [0.4, 0.5) is 10.5 Å². The summed E-state index contributed by atoms with van der Waals surface area (Å²) in [5, 5.41) is 5.93. The summed E-state index contributed by atoms with van der Waals surface area (Å²) in [5.41, 5.74) is 6.25. The van der Waals surface area contributed by atoms with E-state index < -0.39 is 11.7 Å². The topological polar surface area (TPSA) is 98.0 Å². The third kappa shape index (κ3) is 6.91. The molecule has 1 atom stereocenters. The number of aliphatic imine (C=N–C) groups is 1. The lowest BCUT2D eigenvalue weighted by Gasteiger charge is -2.23. The highest BCUT2D eigenvalue weighted by atomic mass is 16.6. The molecular weight excluding hydrogens is 320 g/mol. The normalized spacial score (nSPS) is 16.1. The average molecular weight is 348 g/mol. The zero-order valence-electron chi connectivity index (χ0n) is 15.3. The van der Waals surface area contributed by atoms with Crippen LogP contribution in [0.5, 0.6) is 5.75 Å². The van der Waals surface area contributed by atoms with Crippen molar-refractivity contribution in [2.24, 2.45) is 16.6 Å². The van der Waals surface area contributed by atoms with Gasteiger partial charge in [0, 0.05) is 5.69 Å². The van der Waals surface area contributed by atoms with E-state index in [1.54, 1.807) is 7.11 Å². The van der Waals surface area contributed by atoms with E-state index in [1.807, 2.05) is 45.0 Å². The van der Waals surface area contributed by atoms with E-state index in [-0.39, 0.29) is 6.04 Å². The third-order valence-electron chi connectivity index (χ3n) is 3.71. The molecule has 0 radical (unpaired) electrons. The van der Waals surface area contributed by atoms with Gasteiger partial charge < -0.3 is 25.8 Å². The third-order valence-corrected chi connectivity index (χ3v) is 3.71. The number of hydrogen-bond acceptors (Lipinski definition) is 4. The van der Waals surface area contributed by atoms with E-state index in [4.69, 9.17) is 15.2 Å². The van der Waals surface area contributed by atoms with Gasteiger partial charge in [0.15, 0.2) is 5.96 Å². The zero-order chi connectivity index (χ0) is 18.4. The number of rotatable bonds is 6. The second kappa shape index (κ2) is 8.09. The van der Waals surface area contributed by atoms with Gasteiger partial charge in [-0.1, -0.05) is 0 Å². The van der Waals surface area contributed by atoms with Crippen molar-refractivity contribution in [2.45, 2.75) is 45.3 Å². The van der Waals surface area contributed by atoms with Gasteiger partial charge in [-0.05, 0) is 63.8 Å². The van der Waals surface area contributed by atoms with Gasteiger partial charge >= 0.3 is 6.09 Å². The number of carbonyl (C=O) groups is 1. The molecule has 0 bridgehead atoms. The summed E-state index contributed by atoms with van der Waals surface area (Å²) in [6.07, 6.45) is 1.75. The molecule has 1 aliphatic rings. The largest absolute Gasteiger partial charge is 0.497 e. The van der Waals surface area contributed by atoms with E-state index in [9.17, 15) is 4.79 Å². The van der Waals surface area contributed by atoms with Gasteiger partial charge in [-0.25, -0.2) is 4.79 Å². The quantitative estimate of drug-likeness (QED) is 0.542. The number of nitrogens with zero attached hydrogens (tertiary/aromatic N) is 1. The zero-order valence-corrected chi connectivity index (χ0v) is 15.3. The molecule has 1 aliphatic carbocycles. The Kier molecular flexibility index (Phi) is 6.12. The second-order valence-electron chi connectivity index (χ2n) is 7.17.